The molecule has 2 heterocycles. The van der Waals surface area contributed by atoms with Crippen LogP contribution in [-0.2, 0) is 4.74 Å². The van der Waals surface area contributed by atoms with E-state index in [1.54, 1.807) is 0 Å². The summed E-state index contributed by atoms with van der Waals surface area (Å²) in [4.78, 5) is 17.2. The Hall–Kier alpha value is -1.59. The molecule has 0 saturated carbocycles. The molecule has 2 amide bonds. The molecule has 1 N–H and O–H groups in total. The summed E-state index contributed by atoms with van der Waals surface area (Å²) in [5, 5.41) is 3.12. The van der Waals surface area contributed by atoms with Crippen LogP contribution >= 0.6 is 0 Å². The first-order valence-electron chi connectivity index (χ1n) is 9.98. The number of rotatable bonds is 5. The maximum Gasteiger partial charge on any atom is 0.318 e. The van der Waals surface area contributed by atoms with Gasteiger partial charge < -0.3 is 15.0 Å². The largest absolute Gasteiger partial charge is 0.374 e. The van der Waals surface area contributed by atoms with Crippen molar-refractivity contribution in [3.63, 3.8) is 0 Å². The number of nitrogens with zero attached hydrogens (tertiary/aromatic N) is 2. The third-order valence-electron chi connectivity index (χ3n) is 5.39. The van der Waals surface area contributed by atoms with Crippen LogP contribution in [0.25, 0.3) is 0 Å². The Labute approximate surface area is 157 Å². The predicted molar refractivity (Wildman–Crippen MR) is 104 cm³/mol. The number of morpholine rings is 1. The Balaban J connectivity index is 1.53. The van der Waals surface area contributed by atoms with Crippen molar-refractivity contribution in [1.82, 2.24) is 15.1 Å². The lowest BCUT2D eigenvalue weighted by molar-refractivity contribution is -0.0294. The quantitative estimate of drug-likeness (QED) is 0.878. The number of aryl methyl sites for hydroxylation is 1. The van der Waals surface area contributed by atoms with Crippen LogP contribution in [0.15, 0.2) is 24.3 Å². The van der Waals surface area contributed by atoms with Gasteiger partial charge in [-0.05, 0) is 36.8 Å². The predicted octanol–water partition coefficient (Wildman–Crippen LogP) is 3.20. The molecular formula is C21H33N3O2. The van der Waals surface area contributed by atoms with E-state index in [-0.39, 0.29) is 18.2 Å². The molecule has 3 rings (SSSR count). The van der Waals surface area contributed by atoms with E-state index in [0.29, 0.717) is 12.5 Å². The van der Waals surface area contributed by atoms with Crippen molar-refractivity contribution in [3.05, 3.63) is 35.4 Å². The van der Waals surface area contributed by atoms with E-state index < -0.39 is 0 Å². The molecule has 0 radical (unpaired) electrons. The van der Waals surface area contributed by atoms with E-state index in [1.807, 2.05) is 4.90 Å². The molecule has 2 fully saturated rings. The summed E-state index contributed by atoms with van der Waals surface area (Å²) in [6, 6.07) is 8.64. The number of benzene rings is 1. The first-order valence-corrected chi connectivity index (χ1v) is 9.98. The monoisotopic (exact) mass is 359 g/mol. The van der Waals surface area contributed by atoms with Crippen molar-refractivity contribution < 1.29 is 9.53 Å². The molecule has 0 spiro atoms. The van der Waals surface area contributed by atoms with E-state index in [9.17, 15) is 4.79 Å². The molecular weight excluding hydrogens is 326 g/mol. The standard InChI is InChI=1S/C21H33N3O2/c1-16(2)14-23-11-12-26-18(15-23)13-22-21(25)24-10-6-9-20(24)19-8-5-4-7-17(19)3/h4-5,7-8,16,18,20H,6,9-15H2,1-3H3,(H,22,25). The molecule has 2 unspecified atom stereocenters. The van der Waals surface area contributed by atoms with Gasteiger partial charge in [-0.25, -0.2) is 4.79 Å². The van der Waals surface area contributed by atoms with Crippen LogP contribution in [0.2, 0.25) is 0 Å². The number of hydrogen-bond acceptors (Lipinski definition) is 3. The lowest BCUT2D eigenvalue weighted by atomic mass is 9.99. The van der Waals surface area contributed by atoms with Gasteiger partial charge >= 0.3 is 6.03 Å². The molecule has 2 aliphatic rings. The van der Waals surface area contributed by atoms with Crippen molar-refractivity contribution in [2.75, 3.05) is 39.3 Å². The smallest absolute Gasteiger partial charge is 0.318 e. The van der Waals surface area contributed by atoms with Crippen LogP contribution in [0.5, 0.6) is 0 Å². The van der Waals surface area contributed by atoms with Gasteiger partial charge in [0.2, 0.25) is 0 Å². The molecule has 0 bridgehead atoms. The van der Waals surface area contributed by atoms with Crippen LogP contribution in [0.3, 0.4) is 0 Å². The number of nitrogens with one attached hydrogen (secondary N) is 1. The minimum atomic E-state index is 0.0420. The summed E-state index contributed by atoms with van der Waals surface area (Å²) < 4.78 is 5.86. The number of carbonyl (C=O) groups excluding carboxylic acids is 1. The summed E-state index contributed by atoms with van der Waals surface area (Å²) in [6.07, 6.45) is 2.19. The molecule has 26 heavy (non-hydrogen) atoms. The minimum absolute atomic E-state index is 0.0420. The fourth-order valence-corrected chi connectivity index (χ4v) is 4.18. The van der Waals surface area contributed by atoms with Gasteiger partial charge in [0.1, 0.15) is 0 Å². The highest BCUT2D eigenvalue weighted by Crippen LogP contribution is 2.33. The maximum absolute atomic E-state index is 12.8. The Morgan fingerprint density at radius 1 is 1.31 bits per heavy atom. The number of carbonyl (C=O) groups is 1. The summed E-state index contributed by atoms with van der Waals surface area (Å²) in [5.74, 6) is 0.655. The summed E-state index contributed by atoms with van der Waals surface area (Å²) in [7, 11) is 0. The fourth-order valence-electron chi connectivity index (χ4n) is 4.18. The van der Waals surface area contributed by atoms with E-state index in [0.717, 1.165) is 45.6 Å². The third-order valence-corrected chi connectivity index (χ3v) is 5.39. The summed E-state index contributed by atoms with van der Waals surface area (Å²) in [6.45, 7) is 11.8. The molecule has 5 nitrogen and oxygen atoms in total. The number of urea groups is 1. The van der Waals surface area contributed by atoms with Gasteiger partial charge in [0, 0.05) is 32.7 Å². The third kappa shape index (κ3) is 4.77. The minimum Gasteiger partial charge on any atom is -0.374 e. The van der Waals surface area contributed by atoms with Gasteiger partial charge in [-0.15, -0.1) is 0 Å². The van der Waals surface area contributed by atoms with Crippen LogP contribution in [0.4, 0.5) is 4.79 Å². The topological polar surface area (TPSA) is 44.8 Å². The highest BCUT2D eigenvalue weighted by atomic mass is 16.5. The summed E-state index contributed by atoms with van der Waals surface area (Å²) in [5.41, 5.74) is 2.54. The van der Waals surface area contributed by atoms with Crippen molar-refractivity contribution in [2.45, 2.75) is 45.8 Å². The fraction of sp³-hybridized carbons (Fsp3) is 0.667. The van der Waals surface area contributed by atoms with E-state index in [2.05, 4.69) is 55.3 Å². The normalized spacial score (nSPS) is 24.2. The molecule has 1 aromatic carbocycles. The molecule has 144 valence electrons. The number of hydrogen-bond donors (Lipinski definition) is 1. The van der Waals surface area contributed by atoms with Crippen LogP contribution in [0, 0.1) is 12.8 Å². The lowest BCUT2D eigenvalue weighted by Gasteiger charge is -2.34. The van der Waals surface area contributed by atoms with Gasteiger partial charge in [0.25, 0.3) is 0 Å². The van der Waals surface area contributed by atoms with Gasteiger partial charge in [-0.2, -0.15) is 0 Å². The van der Waals surface area contributed by atoms with Crippen molar-refractivity contribution in [2.24, 2.45) is 5.92 Å². The Morgan fingerprint density at radius 2 is 2.12 bits per heavy atom. The van der Waals surface area contributed by atoms with Gasteiger partial charge in [-0.3, -0.25) is 4.90 Å². The van der Waals surface area contributed by atoms with Gasteiger partial charge in [0.05, 0.1) is 18.8 Å². The first-order chi connectivity index (χ1) is 12.5. The van der Waals surface area contributed by atoms with Crippen molar-refractivity contribution in [1.29, 1.82) is 0 Å². The van der Waals surface area contributed by atoms with E-state index in [1.165, 1.54) is 11.1 Å². The second-order valence-electron chi connectivity index (χ2n) is 8.04. The average Bonchev–Trinajstić information content (AvgIpc) is 3.09. The number of ether oxygens (including phenoxy) is 1. The van der Waals surface area contributed by atoms with Gasteiger partial charge in [-0.1, -0.05) is 38.1 Å². The first kappa shape index (κ1) is 19.2. The molecule has 0 aromatic heterocycles. The summed E-state index contributed by atoms with van der Waals surface area (Å²) >= 11 is 0. The second-order valence-corrected chi connectivity index (χ2v) is 8.04. The number of likely N-dealkylation sites (tertiary alicyclic amines) is 1. The SMILES string of the molecule is Cc1ccccc1C1CCCN1C(=O)NCC1CN(CC(C)C)CCO1. The van der Waals surface area contributed by atoms with E-state index >= 15 is 0 Å². The van der Waals surface area contributed by atoms with Crippen LogP contribution in [-0.4, -0.2) is 61.3 Å². The lowest BCUT2D eigenvalue weighted by Crippen LogP contribution is -2.50. The van der Waals surface area contributed by atoms with E-state index in [4.69, 9.17) is 4.74 Å². The average molecular weight is 360 g/mol. The molecule has 2 saturated heterocycles. The second kappa shape index (κ2) is 8.87. The molecule has 2 aliphatic heterocycles. The van der Waals surface area contributed by atoms with Crippen LogP contribution in [0.1, 0.15) is 43.9 Å². The van der Waals surface area contributed by atoms with Crippen molar-refractivity contribution in [3.8, 4) is 0 Å². The molecule has 5 heteroatoms. The number of amides is 2. The Kier molecular flexibility index (Phi) is 6.54. The zero-order chi connectivity index (χ0) is 18.5. The zero-order valence-corrected chi connectivity index (χ0v) is 16.4. The zero-order valence-electron chi connectivity index (χ0n) is 16.4. The molecule has 1 aromatic rings. The Morgan fingerprint density at radius 3 is 2.88 bits per heavy atom. The maximum atomic E-state index is 12.8. The molecule has 2 atom stereocenters. The highest BCUT2D eigenvalue weighted by molar-refractivity contribution is 5.75. The van der Waals surface area contributed by atoms with Gasteiger partial charge in [0.15, 0.2) is 0 Å². The molecule has 0 aliphatic carbocycles. The van der Waals surface area contributed by atoms with Crippen LogP contribution < -0.4 is 5.32 Å². The van der Waals surface area contributed by atoms with Crippen molar-refractivity contribution >= 4 is 6.03 Å². The highest BCUT2D eigenvalue weighted by Gasteiger charge is 2.31. The Bertz CT molecular complexity index is 605.